The van der Waals surface area contributed by atoms with Crippen LogP contribution in [-0.2, 0) is 13.5 Å². The smallest absolute Gasteiger partial charge is 0.115 e. The Morgan fingerprint density at radius 1 is 1.32 bits per heavy atom. The van der Waals surface area contributed by atoms with E-state index < -0.39 is 0 Å². The molecule has 0 fully saturated rings. The Kier molecular flexibility index (Phi) is 3.21. The monoisotopic (exact) mass is 294 g/mol. The third kappa shape index (κ3) is 2.22. The number of imidazole rings is 1. The van der Waals surface area contributed by atoms with E-state index in [1.807, 2.05) is 31.4 Å². The largest absolute Gasteiger partial charge is 0.293 e. The molecule has 19 heavy (non-hydrogen) atoms. The van der Waals surface area contributed by atoms with E-state index in [-0.39, 0.29) is 0 Å². The number of rotatable bonds is 3. The van der Waals surface area contributed by atoms with Gasteiger partial charge in [-0.15, -0.1) is 11.6 Å². The number of aromatic nitrogens is 4. The molecule has 0 saturated heterocycles. The Balaban J connectivity index is 2.29. The molecular weight excluding hydrogens is 283 g/mol. The van der Waals surface area contributed by atoms with E-state index in [0.29, 0.717) is 17.3 Å². The molecule has 0 bridgehead atoms. The number of hydrogen-bond acceptors (Lipinski definition) is 2. The van der Waals surface area contributed by atoms with Gasteiger partial charge in [-0.2, -0.15) is 5.10 Å². The fourth-order valence-corrected chi connectivity index (χ4v) is 2.50. The summed E-state index contributed by atoms with van der Waals surface area (Å²) in [6.45, 7) is 0. The number of nitrogens with zero attached hydrogens (tertiary/aromatic N) is 4. The van der Waals surface area contributed by atoms with Crippen LogP contribution < -0.4 is 0 Å². The molecule has 6 heteroatoms. The highest BCUT2D eigenvalue weighted by molar-refractivity contribution is 6.31. The molecule has 4 nitrogen and oxygen atoms in total. The summed E-state index contributed by atoms with van der Waals surface area (Å²) in [7, 11) is 1.89. The summed E-state index contributed by atoms with van der Waals surface area (Å²) in [6, 6.07) is 5.67. The second-order valence-corrected chi connectivity index (χ2v) is 5.12. The van der Waals surface area contributed by atoms with Gasteiger partial charge in [0.15, 0.2) is 0 Å². The van der Waals surface area contributed by atoms with E-state index >= 15 is 0 Å². The van der Waals surface area contributed by atoms with Gasteiger partial charge in [0.2, 0.25) is 0 Å². The normalized spacial score (nSPS) is 11.3. The third-order valence-electron chi connectivity index (χ3n) is 2.95. The maximum atomic E-state index is 6.08. The summed E-state index contributed by atoms with van der Waals surface area (Å²) in [5.41, 5.74) is 2.85. The number of hydrogen-bond donors (Lipinski definition) is 0. The first-order valence-corrected chi connectivity index (χ1v) is 6.82. The summed E-state index contributed by atoms with van der Waals surface area (Å²) in [5, 5.41) is 4.89. The lowest BCUT2D eigenvalue weighted by Gasteiger charge is -2.05. The van der Waals surface area contributed by atoms with Gasteiger partial charge < -0.3 is 0 Å². The van der Waals surface area contributed by atoms with E-state index in [1.165, 1.54) is 0 Å². The molecule has 3 rings (SSSR count). The minimum Gasteiger partial charge on any atom is -0.293 e. The molecule has 0 aliphatic carbocycles. The first-order valence-electron chi connectivity index (χ1n) is 5.91. The summed E-state index contributed by atoms with van der Waals surface area (Å²) in [6.07, 6.45) is 4.45. The van der Waals surface area contributed by atoms with Crippen LogP contribution in [0.1, 0.15) is 5.82 Å². The predicted molar refractivity (Wildman–Crippen MR) is 77.3 cm³/mol. The Morgan fingerprint density at radius 3 is 2.84 bits per heavy atom. The van der Waals surface area contributed by atoms with Gasteiger partial charge in [-0.05, 0) is 18.2 Å². The number of fused-ring (bicyclic) bond motifs is 1. The van der Waals surface area contributed by atoms with Gasteiger partial charge in [0.1, 0.15) is 5.82 Å². The van der Waals surface area contributed by atoms with Gasteiger partial charge in [0, 0.05) is 30.6 Å². The molecule has 1 aromatic carbocycles. The maximum Gasteiger partial charge on any atom is 0.115 e. The minimum atomic E-state index is 0.525. The molecule has 3 aromatic rings. The van der Waals surface area contributed by atoms with E-state index in [4.69, 9.17) is 23.2 Å². The molecular formula is C13H12Cl2N4. The average Bonchev–Trinajstić information content (AvgIpc) is 2.93. The van der Waals surface area contributed by atoms with Crippen LogP contribution in [0.4, 0.5) is 0 Å². The number of alkyl halides is 1. The van der Waals surface area contributed by atoms with E-state index in [0.717, 1.165) is 22.5 Å². The van der Waals surface area contributed by atoms with Crippen LogP contribution in [-0.4, -0.2) is 25.2 Å². The van der Waals surface area contributed by atoms with Crippen molar-refractivity contribution in [1.82, 2.24) is 19.3 Å². The van der Waals surface area contributed by atoms with E-state index in [2.05, 4.69) is 14.6 Å². The Hall–Kier alpha value is -1.52. The van der Waals surface area contributed by atoms with Gasteiger partial charge >= 0.3 is 0 Å². The van der Waals surface area contributed by atoms with Crippen molar-refractivity contribution in [3.05, 3.63) is 41.4 Å². The summed E-state index contributed by atoms with van der Waals surface area (Å²) in [4.78, 5) is 4.61. The summed E-state index contributed by atoms with van der Waals surface area (Å²) in [5.74, 6) is 1.44. The van der Waals surface area contributed by atoms with Gasteiger partial charge in [0.05, 0.1) is 22.9 Å². The van der Waals surface area contributed by atoms with Gasteiger partial charge in [-0.3, -0.25) is 9.25 Å². The minimum absolute atomic E-state index is 0.525. The zero-order valence-electron chi connectivity index (χ0n) is 10.3. The Morgan fingerprint density at radius 2 is 2.16 bits per heavy atom. The number of halogens is 2. The van der Waals surface area contributed by atoms with E-state index in [9.17, 15) is 0 Å². The third-order valence-corrected chi connectivity index (χ3v) is 3.38. The van der Waals surface area contributed by atoms with Gasteiger partial charge in [-0.25, -0.2) is 4.98 Å². The average molecular weight is 295 g/mol. The molecule has 0 N–H and O–H groups in total. The topological polar surface area (TPSA) is 35.6 Å². The second-order valence-electron chi connectivity index (χ2n) is 4.31. The van der Waals surface area contributed by atoms with Crippen LogP contribution in [0, 0.1) is 0 Å². The fraction of sp³-hybridized carbons (Fsp3) is 0.231. The molecule has 0 spiro atoms. The molecule has 0 unspecified atom stereocenters. The molecule has 0 radical (unpaired) electrons. The first kappa shape index (κ1) is 12.5. The van der Waals surface area contributed by atoms with Crippen molar-refractivity contribution >= 4 is 34.2 Å². The molecule has 2 heterocycles. The molecule has 0 aliphatic heterocycles. The standard InChI is InChI=1S/C13H12Cl2N4/c1-18-8-10(7-16-18)19-12-6-9(15)2-3-11(12)17-13(19)4-5-14/h2-3,6-8H,4-5H2,1H3. The van der Waals surface area contributed by atoms with Crippen molar-refractivity contribution in [2.24, 2.45) is 7.05 Å². The van der Waals surface area contributed by atoms with Crippen LogP contribution >= 0.6 is 23.2 Å². The summed E-state index contributed by atoms with van der Waals surface area (Å²) >= 11 is 11.9. The highest BCUT2D eigenvalue weighted by Crippen LogP contribution is 2.24. The van der Waals surface area contributed by atoms with Crippen LogP contribution in [0.5, 0.6) is 0 Å². The fourth-order valence-electron chi connectivity index (χ4n) is 2.16. The highest BCUT2D eigenvalue weighted by atomic mass is 35.5. The zero-order chi connectivity index (χ0) is 13.4. The van der Waals surface area contributed by atoms with Crippen molar-refractivity contribution in [2.45, 2.75) is 6.42 Å². The molecule has 0 amide bonds. The van der Waals surface area contributed by atoms with Crippen LogP contribution in [0.2, 0.25) is 5.02 Å². The maximum absolute atomic E-state index is 6.08. The predicted octanol–water partition coefficient (Wildman–Crippen LogP) is 3.19. The molecule has 0 saturated carbocycles. The second kappa shape index (κ2) is 4.87. The van der Waals surface area contributed by atoms with Crippen LogP contribution in [0.15, 0.2) is 30.6 Å². The first-order chi connectivity index (χ1) is 9.19. The Labute approximate surface area is 120 Å². The van der Waals surface area contributed by atoms with Crippen LogP contribution in [0.25, 0.3) is 16.7 Å². The van der Waals surface area contributed by atoms with Gasteiger partial charge in [-0.1, -0.05) is 11.6 Å². The molecule has 2 aromatic heterocycles. The van der Waals surface area contributed by atoms with Gasteiger partial charge in [0.25, 0.3) is 0 Å². The SMILES string of the molecule is Cn1cc(-n2c(CCCl)nc3ccc(Cl)cc32)cn1. The lowest BCUT2D eigenvalue weighted by Crippen LogP contribution is -2.01. The van der Waals surface area contributed by atoms with Crippen molar-refractivity contribution in [2.75, 3.05) is 5.88 Å². The quantitative estimate of drug-likeness (QED) is 0.696. The number of aryl methyl sites for hydroxylation is 2. The molecule has 0 aliphatic rings. The van der Waals surface area contributed by atoms with Crippen molar-refractivity contribution < 1.29 is 0 Å². The lowest BCUT2D eigenvalue weighted by atomic mass is 10.3. The number of benzene rings is 1. The molecule has 0 atom stereocenters. The van der Waals surface area contributed by atoms with E-state index in [1.54, 1.807) is 10.9 Å². The van der Waals surface area contributed by atoms with Crippen molar-refractivity contribution in [3.8, 4) is 5.69 Å². The van der Waals surface area contributed by atoms with Crippen molar-refractivity contribution in [1.29, 1.82) is 0 Å². The lowest BCUT2D eigenvalue weighted by molar-refractivity contribution is 0.767. The Bertz CT molecular complexity index is 729. The van der Waals surface area contributed by atoms with Crippen molar-refractivity contribution in [3.63, 3.8) is 0 Å². The zero-order valence-corrected chi connectivity index (χ0v) is 11.9. The summed E-state index contributed by atoms with van der Waals surface area (Å²) < 4.78 is 3.81. The van der Waals surface area contributed by atoms with Crippen LogP contribution in [0.3, 0.4) is 0 Å². The molecule has 98 valence electrons. The highest BCUT2D eigenvalue weighted by Gasteiger charge is 2.13.